The van der Waals surface area contributed by atoms with Crippen molar-refractivity contribution in [3.63, 3.8) is 0 Å². The molecule has 0 aromatic heterocycles. The second-order valence-electron chi connectivity index (χ2n) is 4.92. The van der Waals surface area contributed by atoms with E-state index in [9.17, 15) is 13.2 Å². The van der Waals surface area contributed by atoms with Crippen molar-refractivity contribution in [2.75, 3.05) is 7.11 Å². The number of hydrogen-bond acceptors (Lipinski definition) is 4. The molecule has 0 saturated heterocycles. The minimum Gasteiger partial charge on any atom is -0.381 e. The fourth-order valence-corrected chi connectivity index (χ4v) is 3.88. The van der Waals surface area contributed by atoms with Crippen molar-refractivity contribution < 1.29 is 17.9 Å². The second-order valence-corrected chi connectivity index (χ2v) is 7.87. The van der Waals surface area contributed by atoms with Crippen molar-refractivity contribution >= 4 is 37.2 Å². The molecule has 1 N–H and O–H groups in total. The molecule has 2 atom stereocenters. The van der Waals surface area contributed by atoms with Crippen LogP contribution in [0.1, 0.15) is 29.6 Å². The Bertz CT molecular complexity index is 648. The lowest BCUT2D eigenvalue weighted by Crippen LogP contribution is -2.33. The summed E-state index contributed by atoms with van der Waals surface area (Å²) >= 11 is 5.78. The molecular weight excluding hydrogens is 337 g/mol. The van der Waals surface area contributed by atoms with E-state index in [0.717, 1.165) is 19.3 Å². The second kappa shape index (κ2) is 6.52. The summed E-state index contributed by atoms with van der Waals surface area (Å²) < 4.78 is 28.0. The van der Waals surface area contributed by atoms with E-state index in [0.29, 0.717) is 0 Å². The van der Waals surface area contributed by atoms with Crippen LogP contribution in [0.4, 0.5) is 0 Å². The van der Waals surface area contributed by atoms with Gasteiger partial charge in [0, 0.05) is 29.4 Å². The Morgan fingerprint density at radius 3 is 2.67 bits per heavy atom. The van der Waals surface area contributed by atoms with Crippen LogP contribution in [-0.2, 0) is 13.8 Å². The van der Waals surface area contributed by atoms with E-state index in [1.165, 1.54) is 18.2 Å². The zero-order chi connectivity index (χ0) is 15.6. The molecule has 1 saturated carbocycles. The maximum Gasteiger partial charge on any atom is 0.262 e. The average molecular weight is 352 g/mol. The van der Waals surface area contributed by atoms with Crippen LogP contribution in [-0.4, -0.2) is 33.6 Å². The van der Waals surface area contributed by atoms with E-state index < -0.39 is 9.05 Å². The summed E-state index contributed by atoms with van der Waals surface area (Å²) in [5.74, 6) is -0.352. The molecule has 2 rings (SSSR count). The molecule has 21 heavy (non-hydrogen) atoms. The summed E-state index contributed by atoms with van der Waals surface area (Å²) in [7, 11) is 2.94. The topological polar surface area (TPSA) is 72.5 Å². The predicted molar refractivity (Wildman–Crippen MR) is 80.4 cm³/mol. The summed E-state index contributed by atoms with van der Waals surface area (Å²) in [6, 6.07) is 4.02. The lowest BCUT2D eigenvalue weighted by atomic mass is 10.2. The predicted octanol–water partition coefficient (Wildman–Crippen LogP) is 2.56. The Labute approximate surface area is 133 Å². The molecule has 0 radical (unpaired) electrons. The standard InChI is InChI=1S/C13H15Cl2NO4S/c1-20-10-4-3-9(7-10)16-13(17)8-2-5-11(14)12(6-8)21(15,18)19/h2,5-6,9-10H,3-4,7H2,1H3,(H,16,17). The van der Waals surface area contributed by atoms with E-state index in [2.05, 4.69) is 5.32 Å². The maximum atomic E-state index is 12.2. The van der Waals surface area contributed by atoms with Gasteiger partial charge in [0.15, 0.2) is 0 Å². The van der Waals surface area contributed by atoms with Crippen LogP contribution in [0.5, 0.6) is 0 Å². The number of methoxy groups -OCH3 is 1. The molecule has 5 nitrogen and oxygen atoms in total. The van der Waals surface area contributed by atoms with Gasteiger partial charge in [0.2, 0.25) is 0 Å². The first-order chi connectivity index (χ1) is 9.81. The maximum absolute atomic E-state index is 12.2. The lowest BCUT2D eigenvalue weighted by molar-refractivity contribution is 0.0915. The number of halogens is 2. The molecule has 1 fully saturated rings. The summed E-state index contributed by atoms with van der Waals surface area (Å²) in [5, 5.41) is 2.85. The fourth-order valence-electron chi connectivity index (χ4n) is 2.39. The molecule has 1 amide bonds. The van der Waals surface area contributed by atoms with Gasteiger partial charge < -0.3 is 10.1 Å². The smallest absolute Gasteiger partial charge is 0.262 e. The van der Waals surface area contributed by atoms with Crippen LogP contribution in [0.2, 0.25) is 5.02 Å². The molecule has 1 aliphatic carbocycles. The van der Waals surface area contributed by atoms with E-state index >= 15 is 0 Å². The highest BCUT2D eigenvalue weighted by molar-refractivity contribution is 8.13. The van der Waals surface area contributed by atoms with Crippen LogP contribution in [0.3, 0.4) is 0 Å². The minimum atomic E-state index is -3.99. The Balaban J connectivity index is 2.13. The van der Waals surface area contributed by atoms with Gasteiger partial charge in [-0.25, -0.2) is 8.42 Å². The molecule has 0 aliphatic heterocycles. The van der Waals surface area contributed by atoms with Gasteiger partial charge in [0.05, 0.1) is 11.1 Å². The third-order valence-electron chi connectivity index (χ3n) is 3.51. The van der Waals surface area contributed by atoms with Crippen LogP contribution in [0.25, 0.3) is 0 Å². The monoisotopic (exact) mass is 351 g/mol. The van der Waals surface area contributed by atoms with Crippen molar-refractivity contribution in [1.82, 2.24) is 5.32 Å². The van der Waals surface area contributed by atoms with E-state index in [1.54, 1.807) is 7.11 Å². The van der Waals surface area contributed by atoms with Gasteiger partial charge in [0.1, 0.15) is 4.90 Å². The normalized spacial score (nSPS) is 22.2. The van der Waals surface area contributed by atoms with E-state index in [4.69, 9.17) is 27.0 Å². The number of benzene rings is 1. The van der Waals surface area contributed by atoms with Gasteiger partial charge in [-0.3, -0.25) is 4.79 Å². The molecule has 0 bridgehead atoms. The first kappa shape index (κ1) is 16.5. The molecule has 2 unspecified atom stereocenters. The summed E-state index contributed by atoms with van der Waals surface area (Å²) in [6.45, 7) is 0. The van der Waals surface area contributed by atoms with Gasteiger partial charge in [-0.2, -0.15) is 0 Å². The number of amides is 1. The Morgan fingerprint density at radius 2 is 2.10 bits per heavy atom. The van der Waals surface area contributed by atoms with Gasteiger partial charge in [-0.1, -0.05) is 11.6 Å². The molecule has 1 aromatic rings. The number of rotatable bonds is 4. The zero-order valence-corrected chi connectivity index (χ0v) is 13.6. The Morgan fingerprint density at radius 1 is 1.38 bits per heavy atom. The van der Waals surface area contributed by atoms with Gasteiger partial charge in [-0.15, -0.1) is 0 Å². The quantitative estimate of drug-likeness (QED) is 0.846. The molecule has 0 spiro atoms. The molecule has 8 heteroatoms. The highest BCUT2D eigenvalue weighted by Gasteiger charge is 2.26. The number of ether oxygens (including phenoxy) is 1. The van der Waals surface area contributed by atoms with Crippen molar-refractivity contribution in [3.05, 3.63) is 28.8 Å². The zero-order valence-electron chi connectivity index (χ0n) is 11.3. The van der Waals surface area contributed by atoms with Crippen LogP contribution < -0.4 is 5.32 Å². The highest BCUT2D eigenvalue weighted by Crippen LogP contribution is 2.26. The van der Waals surface area contributed by atoms with Gasteiger partial charge in [-0.05, 0) is 37.5 Å². The van der Waals surface area contributed by atoms with Crippen molar-refractivity contribution in [3.8, 4) is 0 Å². The number of carbonyl (C=O) groups is 1. The molecule has 0 heterocycles. The number of hydrogen-bond donors (Lipinski definition) is 1. The number of nitrogens with one attached hydrogen (secondary N) is 1. The summed E-state index contributed by atoms with van der Waals surface area (Å²) in [6.07, 6.45) is 2.62. The third-order valence-corrected chi connectivity index (χ3v) is 5.31. The van der Waals surface area contributed by atoms with Crippen LogP contribution >= 0.6 is 22.3 Å². The molecule has 1 aliphatic rings. The first-order valence-electron chi connectivity index (χ1n) is 6.39. The number of carbonyl (C=O) groups excluding carboxylic acids is 1. The van der Waals surface area contributed by atoms with Crippen molar-refractivity contribution in [1.29, 1.82) is 0 Å². The molecule has 116 valence electrons. The minimum absolute atomic E-state index is 0.0122. The SMILES string of the molecule is COC1CCC(NC(=O)c2ccc(Cl)c(S(=O)(=O)Cl)c2)C1. The largest absolute Gasteiger partial charge is 0.381 e. The van der Waals surface area contributed by atoms with E-state index in [-0.39, 0.29) is 33.5 Å². The fraction of sp³-hybridized carbons (Fsp3) is 0.462. The summed E-state index contributed by atoms with van der Waals surface area (Å²) in [5.41, 5.74) is 0.208. The van der Waals surface area contributed by atoms with Gasteiger partial charge >= 0.3 is 0 Å². The average Bonchev–Trinajstić information content (AvgIpc) is 2.85. The van der Waals surface area contributed by atoms with E-state index in [1.807, 2.05) is 0 Å². The highest BCUT2D eigenvalue weighted by atomic mass is 35.7. The molecular formula is C13H15Cl2NO4S. The van der Waals surface area contributed by atoms with Crippen molar-refractivity contribution in [2.24, 2.45) is 0 Å². The van der Waals surface area contributed by atoms with Crippen LogP contribution in [0.15, 0.2) is 23.1 Å². The molecule has 1 aromatic carbocycles. The summed E-state index contributed by atoms with van der Waals surface area (Å²) in [4.78, 5) is 11.9. The van der Waals surface area contributed by atoms with Gasteiger partial charge in [0.25, 0.3) is 15.0 Å². The first-order valence-corrected chi connectivity index (χ1v) is 9.08. The van der Waals surface area contributed by atoms with Crippen molar-refractivity contribution in [2.45, 2.75) is 36.3 Å². The van der Waals surface area contributed by atoms with Crippen LogP contribution in [0, 0.1) is 0 Å². The Hall–Kier alpha value is -0.820. The lowest BCUT2D eigenvalue weighted by Gasteiger charge is -2.13. The Kier molecular flexibility index (Phi) is 5.14. The third kappa shape index (κ3) is 4.10.